The topological polar surface area (TPSA) is 54.0 Å². The molecule has 3 rings (SSSR count). The molecule has 0 bridgehead atoms. The lowest BCUT2D eigenvalue weighted by Gasteiger charge is -2.22. The Bertz CT molecular complexity index is 663. The van der Waals surface area contributed by atoms with E-state index >= 15 is 0 Å². The van der Waals surface area contributed by atoms with E-state index in [1.54, 1.807) is 12.1 Å². The summed E-state index contributed by atoms with van der Waals surface area (Å²) in [4.78, 5) is 11.8. The van der Waals surface area contributed by atoms with Gasteiger partial charge in [0.1, 0.15) is 24.7 Å². The van der Waals surface area contributed by atoms with Crippen LogP contribution in [-0.2, 0) is 20.9 Å². The molecule has 1 aliphatic rings. The van der Waals surface area contributed by atoms with Crippen LogP contribution in [-0.4, -0.2) is 31.9 Å². The van der Waals surface area contributed by atoms with Gasteiger partial charge in [-0.15, -0.1) is 0 Å². The van der Waals surface area contributed by atoms with E-state index in [-0.39, 0.29) is 18.7 Å². The molecule has 138 valence electrons. The molecule has 26 heavy (non-hydrogen) atoms. The Morgan fingerprint density at radius 2 is 1.69 bits per heavy atom. The maximum atomic E-state index is 11.8. The second-order valence-electron chi connectivity index (χ2n) is 6.21. The molecule has 0 amide bonds. The molecule has 2 aromatic carbocycles. The van der Waals surface area contributed by atoms with E-state index in [9.17, 15) is 4.79 Å². The van der Waals surface area contributed by atoms with Crippen LogP contribution < -0.4 is 9.47 Å². The third kappa shape index (κ3) is 6.08. The van der Waals surface area contributed by atoms with E-state index in [4.69, 9.17) is 18.9 Å². The molecule has 0 aliphatic carbocycles. The van der Waals surface area contributed by atoms with Gasteiger partial charge in [0.05, 0.1) is 6.10 Å². The molecule has 0 radical (unpaired) electrons. The minimum atomic E-state index is -0.386. The van der Waals surface area contributed by atoms with Gasteiger partial charge in [0, 0.05) is 6.61 Å². The summed E-state index contributed by atoms with van der Waals surface area (Å²) in [5, 5.41) is 0. The Morgan fingerprint density at radius 3 is 2.38 bits per heavy atom. The zero-order valence-electron chi connectivity index (χ0n) is 14.8. The predicted molar refractivity (Wildman–Crippen MR) is 97.3 cm³/mol. The Balaban J connectivity index is 1.36. The number of rotatable bonds is 8. The molecule has 0 aromatic heterocycles. The summed E-state index contributed by atoms with van der Waals surface area (Å²) >= 11 is 0. The number of benzene rings is 2. The first-order chi connectivity index (χ1) is 12.8. The molecular formula is C21H24O5. The highest BCUT2D eigenvalue weighted by Gasteiger charge is 2.16. The molecule has 0 saturated carbocycles. The Morgan fingerprint density at radius 1 is 0.962 bits per heavy atom. The van der Waals surface area contributed by atoms with E-state index < -0.39 is 0 Å². The summed E-state index contributed by atoms with van der Waals surface area (Å²) < 4.78 is 21.9. The lowest BCUT2D eigenvalue weighted by atomic mass is 10.1. The van der Waals surface area contributed by atoms with E-state index in [2.05, 4.69) is 0 Å². The second kappa shape index (κ2) is 9.82. The SMILES string of the molecule is O=C(COc1ccc(OCc2ccccc2)cc1)OCC1CCCCO1. The maximum Gasteiger partial charge on any atom is 0.344 e. The molecule has 1 saturated heterocycles. The van der Waals surface area contributed by atoms with Crippen LogP contribution in [0.4, 0.5) is 0 Å². The number of esters is 1. The minimum Gasteiger partial charge on any atom is -0.489 e. The highest BCUT2D eigenvalue weighted by molar-refractivity contribution is 5.71. The summed E-state index contributed by atoms with van der Waals surface area (Å²) in [6.07, 6.45) is 3.17. The van der Waals surface area contributed by atoms with Gasteiger partial charge in [0.2, 0.25) is 0 Å². The molecule has 2 aromatic rings. The van der Waals surface area contributed by atoms with E-state index in [0.29, 0.717) is 19.0 Å². The average Bonchev–Trinajstić information content (AvgIpc) is 2.71. The summed E-state index contributed by atoms with van der Waals surface area (Å²) in [5.74, 6) is 0.963. The fourth-order valence-corrected chi connectivity index (χ4v) is 2.68. The number of hydrogen-bond donors (Lipinski definition) is 0. The monoisotopic (exact) mass is 356 g/mol. The van der Waals surface area contributed by atoms with E-state index in [1.165, 1.54) is 0 Å². The first-order valence-corrected chi connectivity index (χ1v) is 8.96. The van der Waals surface area contributed by atoms with Crippen LogP contribution in [0.5, 0.6) is 11.5 Å². The molecule has 5 nitrogen and oxygen atoms in total. The van der Waals surface area contributed by atoms with Crippen molar-refractivity contribution in [3.8, 4) is 11.5 Å². The van der Waals surface area contributed by atoms with Crippen molar-refractivity contribution in [3.05, 3.63) is 60.2 Å². The van der Waals surface area contributed by atoms with E-state index in [0.717, 1.165) is 37.2 Å². The Hall–Kier alpha value is -2.53. The standard InChI is InChI=1S/C21H24O5/c22-21(26-15-20-8-4-5-13-23-20)16-25-19-11-9-18(10-12-19)24-14-17-6-2-1-3-7-17/h1-3,6-7,9-12,20H,4-5,8,13-16H2. The predicted octanol–water partition coefficient (Wildman–Crippen LogP) is 3.76. The summed E-state index contributed by atoms with van der Waals surface area (Å²) in [6, 6.07) is 17.2. The van der Waals surface area contributed by atoms with Gasteiger partial charge in [-0.3, -0.25) is 0 Å². The lowest BCUT2D eigenvalue weighted by molar-refractivity contribution is -0.151. The fourth-order valence-electron chi connectivity index (χ4n) is 2.68. The van der Waals surface area contributed by atoms with Gasteiger partial charge in [-0.2, -0.15) is 0 Å². The molecule has 0 spiro atoms. The molecule has 5 heteroatoms. The number of carbonyl (C=O) groups is 1. The number of ether oxygens (including phenoxy) is 4. The highest BCUT2D eigenvalue weighted by Crippen LogP contribution is 2.19. The van der Waals surface area contributed by atoms with Crippen LogP contribution in [0, 0.1) is 0 Å². The van der Waals surface area contributed by atoms with Crippen molar-refractivity contribution in [1.82, 2.24) is 0 Å². The second-order valence-corrected chi connectivity index (χ2v) is 6.21. The van der Waals surface area contributed by atoms with Gasteiger partial charge in [0.15, 0.2) is 6.61 Å². The van der Waals surface area contributed by atoms with Gasteiger partial charge in [0.25, 0.3) is 0 Å². The smallest absolute Gasteiger partial charge is 0.344 e. The van der Waals surface area contributed by atoms with Crippen LogP contribution in [0.15, 0.2) is 54.6 Å². The zero-order chi connectivity index (χ0) is 18.0. The first-order valence-electron chi connectivity index (χ1n) is 8.96. The molecule has 1 heterocycles. The van der Waals surface area contributed by atoms with Gasteiger partial charge in [-0.25, -0.2) is 4.79 Å². The molecule has 1 fully saturated rings. The summed E-state index contributed by atoms with van der Waals surface area (Å²) in [5.41, 5.74) is 1.11. The van der Waals surface area contributed by atoms with Crippen molar-refractivity contribution in [1.29, 1.82) is 0 Å². The van der Waals surface area contributed by atoms with Crippen molar-refractivity contribution in [3.63, 3.8) is 0 Å². The van der Waals surface area contributed by atoms with Crippen molar-refractivity contribution in [2.24, 2.45) is 0 Å². The molecule has 1 aliphatic heterocycles. The molecular weight excluding hydrogens is 332 g/mol. The van der Waals surface area contributed by atoms with Crippen LogP contribution in [0.3, 0.4) is 0 Å². The van der Waals surface area contributed by atoms with Crippen molar-refractivity contribution in [2.45, 2.75) is 32.0 Å². The maximum absolute atomic E-state index is 11.8. The molecule has 1 unspecified atom stereocenters. The Labute approximate surface area is 153 Å². The number of hydrogen-bond acceptors (Lipinski definition) is 5. The normalized spacial score (nSPS) is 16.7. The quantitative estimate of drug-likeness (QED) is 0.674. The Kier molecular flexibility index (Phi) is 6.90. The van der Waals surface area contributed by atoms with Crippen LogP contribution >= 0.6 is 0 Å². The van der Waals surface area contributed by atoms with Crippen molar-refractivity contribution in [2.75, 3.05) is 19.8 Å². The fraction of sp³-hybridized carbons (Fsp3) is 0.381. The highest BCUT2D eigenvalue weighted by atomic mass is 16.6. The largest absolute Gasteiger partial charge is 0.489 e. The van der Waals surface area contributed by atoms with Gasteiger partial charge in [-0.1, -0.05) is 30.3 Å². The van der Waals surface area contributed by atoms with Gasteiger partial charge in [-0.05, 0) is 49.1 Å². The summed E-state index contributed by atoms with van der Waals surface area (Å²) in [7, 11) is 0. The van der Waals surface area contributed by atoms with Crippen molar-refractivity contribution < 1.29 is 23.7 Å². The van der Waals surface area contributed by atoms with E-state index in [1.807, 2.05) is 42.5 Å². The zero-order valence-corrected chi connectivity index (χ0v) is 14.8. The third-order valence-corrected chi connectivity index (χ3v) is 4.13. The van der Waals surface area contributed by atoms with Gasteiger partial charge < -0.3 is 18.9 Å². The first kappa shape index (κ1) is 18.3. The average molecular weight is 356 g/mol. The lowest BCUT2D eigenvalue weighted by Crippen LogP contribution is -2.27. The molecule has 1 atom stereocenters. The molecule has 0 N–H and O–H groups in total. The van der Waals surface area contributed by atoms with Crippen LogP contribution in [0.25, 0.3) is 0 Å². The van der Waals surface area contributed by atoms with Crippen LogP contribution in [0.2, 0.25) is 0 Å². The van der Waals surface area contributed by atoms with Crippen molar-refractivity contribution >= 4 is 5.97 Å². The minimum absolute atomic E-state index is 0.0220. The summed E-state index contributed by atoms with van der Waals surface area (Å²) in [6.45, 7) is 1.44. The number of carbonyl (C=O) groups excluding carboxylic acids is 1. The van der Waals surface area contributed by atoms with Crippen LogP contribution in [0.1, 0.15) is 24.8 Å². The van der Waals surface area contributed by atoms with Gasteiger partial charge >= 0.3 is 5.97 Å². The third-order valence-electron chi connectivity index (χ3n) is 4.13.